The van der Waals surface area contributed by atoms with Gasteiger partial charge >= 0.3 is 0 Å². The van der Waals surface area contributed by atoms with Crippen LogP contribution in [-0.2, 0) is 6.42 Å². The number of thioether (sulfide) groups is 1. The summed E-state index contributed by atoms with van der Waals surface area (Å²) < 4.78 is 0. The molecule has 0 aliphatic carbocycles. The Hall–Kier alpha value is -2.30. The lowest BCUT2D eigenvalue weighted by Gasteiger charge is -2.20. The summed E-state index contributed by atoms with van der Waals surface area (Å²) in [6.07, 6.45) is 6.47. The Balaban J connectivity index is 1.71. The Morgan fingerprint density at radius 3 is 3.00 bits per heavy atom. The number of nitrogens with zero attached hydrogens (tertiary/aromatic N) is 4. The van der Waals surface area contributed by atoms with Crippen LogP contribution < -0.4 is 15.5 Å². The van der Waals surface area contributed by atoms with Gasteiger partial charge in [0.15, 0.2) is 0 Å². The van der Waals surface area contributed by atoms with Crippen LogP contribution in [0.1, 0.15) is 37.4 Å². The zero-order valence-corrected chi connectivity index (χ0v) is 18.1. The molecule has 2 aromatic rings. The highest BCUT2D eigenvalue weighted by Gasteiger charge is 2.23. The number of benzene rings is 1. The van der Waals surface area contributed by atoms with Crippen LogP contribution >= 0.6 is 11.8 Å². The van der Waals surface area contributed by atoms with E-state index in [-0.39, 0.29) is 0 Å². The molecule has 2 heterocycles. The van der Waals surface area contributed by atoms with E-state index in [0.717, 1.165) is 56.1 Å². The van der Waals surface area contributed by atoms with Crippen LogP contribution in [-0.4, -0.2) is 47.7 Å². The zero-order valence-electron chi connectivity index (χ0n) is 17.3. The van der Waals surface area contributed by atoms with Gasteiger partial charge in [-0.1, -0.05) is 19.4 Å². The average Bonchev–Trinajstić information content (AvgIpc) is 3.20. The number of nitriles is 1. The van der Waals surface area contributed by atoms with Crippen molar-refractivity contribution in [2.75, 3.05) is 41.9 Å². The van der Waals surface area contributed by atoms with Crippen molar-refractivity contribution in [3.8, 4) is 6.07 Å². The summed E-state index contributed by atoms with van der Waals surface area (Å²) in [5.74, 6) is 2.78. The molecule has 1 saturated heterocycles. The van der Waals surface area contributed by atoms with Crippen LogP contribution in [0.25, 0.3) is 0 Å². The Morgan fingerprint density at radius 2 is 2.21 bits per heavy atom. The molecule has 3 rings (SSSR count). The fourth-order valence-corrected chi connectivity index (χ4v) is 3.97. The van der Waals surface area contributed by atoms with Gasteiger partial charge in [0.05, 0.1) is 11.6 Å². The van der Waals surface area contributed by atoms with Gasteiger partial charge in [0, 0.05) is 36.6 Å². The first-order valence-corrected chi connectivity index (χ1v) is 11.7. The van der Waals surface area contributed by atoms with Gasteiger partial charge in [0.25, 0.3) is 0 Å². The van der Waals surface area contributed by atoms with Crippen molar-refractivity contribution >= 4 is 29.2 Å². The second-order valence-electron chi connectivity index (χ2n) is 7.34. The molecular formula is C22H30N6S. The summed E-state index contributed by atoms with van der Waals surface area (Å²) in [7, 11) is 0. The number of hydrogen-bond donors (Lipinski definition) is 2. The molecule has 6 nitrogen and oxygen atoms in total. The highest BCUT2D eigenvalue weighted by molar-refractivity contribution is 7.98. The maximum absolute atomic E-state index is 9.12. The van der Waals surface area contributed by atoms with Gasteiger partial charge in [-0.15, -0.1) is 0 Å². The predicted octanol–water partition coefficient (Wildman–Crippen LogP) is 3.97. The van der Waals surface area contributed by atoms with Crippen molar-refractivity contribution in [1.82, 2.24) is 15.3 Å². The van der Waals surface area contributed by atoms with Crippen molar-refractivity contribution in [1.29, 1.82) is 5.26 Å². The molecule has 1 aliphatic heterocycles. The third-order valence-corrected chi connectivity index (χ3v) is 5.69. The molecule has 1 aliphatic rings. The second-order valence-corrected chi connectivity index (χ2v) is 8.33. The molecule has 0 radical (unpaired) electrons. The fraction of sp³-hybridized carbons (Fsp3) is 0.500. The second kappa shape index (κ2) is 11.0. The molecule has 154 valence electrons. The van der Waals surface area contributed by atoms with Gasteiger partial charge in [-0.2, -0.15) is 22.0 Å². The highest BCUT2D eigenvalue weighted by Crippen LogP contribution is 2.23. The number of aryl methyl sites for hydroxylation is 1. The largest absolute Gasteiger partial charge is 0.355 e. The smallest absolute Gasteiger partial charge is 0.229 e. The van der Waals surface area contributed by atoms with E-state index >= 15 is 0 Å². The molecule has 1 aromatic carbocycles. The van der Waals surface area contributed by atoms with Crippen molar-refractivity contribution in [2.24, 2.45) is 0 Å². The molecule has 1 fully saturated rings. The molecule has 0 unspecified atom stereocenters. The molecule has 0 saturated carbocycles. The molecule has 2 N–H and O–H groups in total. The van der Waals surface area contributed by atoms with E-state index in [0.29, 0.717) is 17.6 Å². The topological polar surface area (TPSA) is 76.9 Å². The highest BCUT2D eigenvalue weighted by atomic mass is 32.2. The van der Waals surface area contributed by atoms with E-state index in [2.05, 4.69) is 45.8 Å². The summed E-state index contributed by atoms with van der Waals surface area (Å²) in [5.41, 5.74) is 2.50. The van der Waals surface area contributed by atoms with Crippen LogP contribution in [0, 0.1) is 11.3 Å². The zero-order chi connectivity index (χ0) is 20.5. The summed E-state index contributed by atoms with van der Waals surface area (Å²) in [5, 5.41) is 16.1. The molecule has 1 aromatic heterocycles. The molecule has 7 heteroatoms. The third kappa shape index (κ3) is 6.34. The third-order valence-electron chi connectivity index (χ3n) is 4.99. The van der Waals surface area contributed by atoms with Gasteiger partial charge < -0.3 is 15.5 Å². The van der Waals surface area contributed by atoms with E-state index in [4.69, 9.17) is 10.2 Å². The first-order valence-electron chi connectivity index (χ1n) is 10.3. The molecule has 29 heavy (non-hydrogen) atoms. The first kappa shape index (κ1) is 21.4. The lowest BCUT2D eigenvalue weighted by molar-refractivity contribution is 0.550. The summed E-state index contributed by atoms with van der Waals surface area (Å²) in [6.45, 7) is 5.22. The fourth-order valence-electron chi connectivity index (χ4n) is 3.54. The van der Waals surface area contributed by atoms with Gasteiger partial charge in [-0.25, -0.2) is 4.98 Å². The van der Waals surface area contributed by atoms with E-state index in [1.165, 1.54) is 12.2 Å². The van der Waals surface area contributed by atoms with E-state index < -0.39 is 0 Å². The molecule has 0 spiro atoms. The first-order chi connectivity index (χ1) is 14.2. The van der Waals surface area contributed by atoms with Crippen molar-refractivity contribution in [3.63, 3.8) is 0 Å². The van der Waals surface area contributed by atoms with Gasteiger partial charge in [0.1, 0.15) is 5.82 Å². The van der Waals surface area contributed by atoms with Gasteiger partial charge in [-0.3, -0.25) is 0 Å². The van der Waals surface area contributed by atoms with Crippen LogP contribution in [0.15, 0.2) is 30.3 Å². The van der Waals surface area contributed by atoms with E-state index in [1.807, 2.05) is 30.0 Å². The minimum absolute atomic E-state index is 0.519. The summed E-state index contributed by atoms with van der Waals surface area (Å²) in [4.78, 5) is 11.8. The van der Waals surface area contributed by atoms with Crippen LogP contribution in [0.4, 0.5) is 17.5 Å². The van der Waals surface area contributed by atoms with Crippen LogP contribution in [0.5, 0.6) is 0 Å². The Kier molecular flexibility index (Phi) is 8.14. The van der Waals surface area contributed by atoms with E-state index in [1.54, 1.807) is 6.07 Å². The summed E-state index contributed by atoms with van der Waals surface area (Å²) >= 11 is 1.90. The number of aromatic nitrogens is 2. The molecule has 0 bridgehead atoms. The standard InChI is InChI=1S/C22H30N6S/c1-3-6-18-14-21(28-11-9-20(16-28)24-10-5-12-29-2)27-22(25-18)26-19-8-4-7-17(13-19)15-23/h4,7-8,13-14,20,24H,3,5-6,9-12,16H2,1-2H3,(H,25,26,27)/t20-/m0/s1. The Bertz CT molecular complexity index is 834. The van der Waals surface area contributed by atoms with Crippen molar-refractivity contribution in [2.45, 2.75) is 38.6 Å². The minimum Gasteiger partial charge on any atom is -0.355 e. The van der Waals surface area contributed by atoms with Crippen LogP contribution in [0.2, 0.25) is 0 Å². The monoisotopic (exact) mass is 410 g/mol. The number of rotatable bonds is 10. The van der Waals surface area contributed by atoms with E-state index in [9.17, 15) is 0 Å². The number of nitrogens with one attached hydrogen (secondary N) is 2. The minimum atomic E-state index is 0.519. The van der Waals surface area contributed by atoms with Gasteiger partial charge in [0.2, 0.25) is 5.95 Å². The lowest BCUT2D eigenvalue weighted by atomic mass is 10.2. The SMILES string of the molecule is CCCc1cc(N2CC[C@H](NCCCSC)C2)nc(Nc2cccc(C#N)c2)n1. The van der Waals surface area contributed by atoms with Crippen LogP contribution in [0.3, 0.4) is 0 Å². The Labute approximate surface area is 178 Å². The summed E-state index contributed by atoms with van der Waals surface area (Å²) in [6, 6.07) is 12.2. The predicted molar refractivity (Wildman–Crippen MR) is 122 cm³/mol. The number of anilines is 3. The normalized spacial score (nSPS) is 16.0. The maximum Gasteiger partial charge on any atom is 0.229 e. The molecule has 0 amide bonds. The molecule has 1 atom stereocenters. The lowest BCUT2D eigenvalue weighted by Crippen LogP contribution is -2.33. The quantitative estimate of drug-likeness (QED) is 0.574. The average molecular weight is 411 g/mol. The van der Waals surface area contributed by atoms with Crippen molar-refractivity contribution in [3.05, 3.63) is 41.6 Å². The Morgan fingerprint density at radius 1 is 1.31 bits per heavy atom. The maximum atomic E-state index is 9.12. The van der Waals surface area contributed by atoms with Crippen molar-refractivity contribution < 1.29 is 0 Å². The van der Waals surface area contributed by atoms with Gasteiger partial charge in [-0.05, 0) is 56.0 Å². The molecular weight excluding hydrogens is 380 g/mol. The number of hydrogen-bond acceptors (Lipinski definition) is 7.